The second-order valence-electron chi connectivity index (χ2n) is 7.14. The summed E-state index contributed by atoms with van der Waals surface area (Å²) in [5.74, 6) is 2.13. The van der Waals surface area contributed by atoms with Gasteiger partial charge in [0, 0.05) is 44.0 Å². The summed E-state index contributed by atoms with van der Waals surface area (Å²) >= 11 is 0. The van der Waals surface area contributed by atoms with E-state index in [4.69, 9.17) is 0 Å². The summed E-state index contributed by atoms with van der Waals surface area (Å²) in [5.41, 5.74) is 1.81. The topological polar surface area (TPSA) is 68.8 Å². The highest BCUT2D eigenvalue weighted by molar-refractivity contribution is 5.95. The molecule has 7 heteroatoms. The molecule has 1 aromatic carbocycles. The Morgan fingerprint density at radius 3 is 2.85 bits per heavy atom. The Morgan fingerprint density at radius 1 is 1.22 bits per heavy atom. The molecule has 0 aliphatic carbocycles. The number of rotatable bonds is 4. The number of nitrogens with zero attached hydrogens (tertiary/aromatic N) is 6. The van der Waals surface area contributed by atoms with Crippen molar-refractivity contribution in [3.8, 4) is 0 Å². The molecular formula is C20H24N6O. The van der Waals surface area contributed by atoms with Gasteiger partial charge in [-0.2, -0.15) is 5.10 Å². The number of aryl methyl sites for hydroxylation is 1. The third kappa shape index (κ3) is 3.49. The lowest BCUT2D eigenvalue weighted by atomic mass is 9.96. The maximum Gasteiger partial charge on any atom is 0.254 e. The Hall–Kier alpha value is -2.96. The van der Waals surface area contributed by atoms with Crippen molar-refractivity contribution in [1.82, 2.24) is 29.4 Å². The smallest absolute Gasteiger partial charge is 0.254 e. The lowest BCUT2D eigenvalue weighted by Crippen LogP contribution is -2.40. The molecule has 4 rings (SSSR count). The maximum atomic E-state index is 13.0. The van der Waals surface area contributed by atoms with Crippen molar-refractivity contribution in [1.29, 1.82) is 0 Å². The van der Waals surface area contributed by atoms with Crippen molar-refractivity contribution in [2.75, 3.05) is 13.1 Å². The van der Waals surface area contributed by atoms with E-state index in [1.165, 1.54) is 0 Å². The molecule has 3 aromatic rings. The predicted molar refractivity (Wildman–Crippen MR) is 101 cm³/mol. The summed E-state index contributed by atoms with van der Waals surface area (Å²) in [6, 6.07) is 9.68. The number of carbonyl (C=O) groups is 1. The number of aromatic nitrogens is 5. The van der Waals surface area contributed by atoms with E-state index in [-0.39, 0.29) is 11.8 Å². The molecule has 3 heterocycles. The number of piperidine rings is 1. The number of hydrogen-bond donors (Lipinski definition) is 0. The number of hydrogen-bond acceptors (Lipinski definition) is 4. The van der Waals surface area contributed by atoms with Crippen LogP contribution in [0.5, 0.6) is 0 Å². The summed E-state index contributed by atoms with van der Waals surface area (Å²) in [4.78, 5) is 14.9. The van der Waals surface area contributed by atoms with Gasteiger partial charge in [-0.15, -0.1) is 10.2 Å². The van der Waals surface area contributed by atoms with E-state index in [9.17, 15) is 4.79 Å². The van der Waals surface area contributed by atoms with Crippen LogP contribution in [0.15, 0.2) is 42.7 Å². The van der Waals surface area contributed by atoms with Crippen LogP contribution in [0.2, 0.25) is 0 Å². The second kappa shape index (κ2) is 7.34. The third-order valence-corrected chi connectivity index (χ3v) is 5.31. The molecular weight excluding hydrogens is 340 g/mol. The fraction of sp³-hybridized carbons (Fsp3) is 0.400. The van der Waals surface area contributed by atoms with Crippen LogP contribution in [0.1, 0.15) is 46.3 Å². The molecule has 1 aliphatic heterocycles. The Morgan fingerprint density at radius 2 is 2.07 bits per heavy atom. The highest BCUT2D eigenvalue weighted by Gasteiger charge is 2.29. The van der Waals surface area contributed by atoms with E-state index in [0.717, 1.165) is 42.2 Å². The average molecular weight is 364 g/mol. The Kier molecular flexibility index (Phi) is 4.75. The van der Waals surface area contributed by atoms with Gasteiger partial charge in [0.25, 0.3) is 5.91 Å². The van der Waals surface area contributed by atoms with E-state index in [1.807, 2.05) is 64.6 Å². The van der Waals surface area contributed by atoms with Crippen LogP contribution in [-0.4, -0.2) is 48.4 Å². The lowest BCUT2D eigenvalue weighted by Gasteiger charge is -2.32. The largest absolute Gasteiger partial charge is 0.338 e. The molecule has 0 radical (unpaired) electrons. The highest BCUT2D eigenvalue weighted by atomic mass is 16.2. The van der Waals surface area contributed by atoms with Gasteiger partial charge in [0.05, 0.1) is 0 Å². The molecule has 7 nitrogen and oxygen atoms in total. The van der Waals surface area contributed by atoms with Gasteiger partial charge in [-0.1, -0.05) is 18.2 Å². The molecule has 27 heavy (non-hydrogen) atoms. The van der Waals surface area contributed by atoms with Crippen molar-refractivity contribution in [2.45, 2.75) is 32.2 Å². The van der Waals surface area contributed by atoms with Crippen LogP contribution in [0.25, 0.3) is 0 Å². The summed E-state index contributed by atoms with van der Waals surface area (Å²) in [6.07, 6.45) is 5.67. The van der Waals surface area contributed by atoms with E-state index in [2.05, 4.69) is 15.3 Å². The van der Waals surface area contributed by atoms with Gasteiger partial charge in [0.15, 0.2) is 5.82 Å². The number of likely N-dealkylation sites (tertiary alicyclic amines) is 1. The van der Waals surface area contributed by atoms with Gasteiger partial charge in [0.2, 0.25) is 0 Å². The maximum absolute atomic E-state index is 13.0. The SMILES string of the molecule is Cc1ccccc1C(=O)N1CCCC(c2nnc(Cn3cccn3)n2C)C1. The molecule has 1 fully saturated rings. The van der Waals surface area contributed by atoms with Crippen molar-refractivity contribution in [3.05, 3.63) is 65.5 Å². The van der Waals surface area contributed by atoms with Crippen molar-refractivity contribution >= 4 is 5.91 Å². The fourth-order valence-electron chi connectivity index (χ4n) is 3.76. The zero-order chi connectivity index (χ0) is 18.8. The molecule has 1 atom stereocenters. The minimum Gasteiger partial charge on any atom is -0.338 e. The Balaban J connectivity index is 1.51. The molecule has 0 bridgehead atoms. The summed E-state index contributed by atoms with van der Waals surface area (Å²) in [6.45, 7) is 4.05. The minimum atomic E-state index is 0.108. The van der Waals surface area contributed by atoms with Gasteiger partial charge in [-0.3, -0.25) is 9.48 Å². The predicted octanol–water partition coefficient (Wildman–Crippen LogP) is 2.39. The van der Waals surface area contributed by atoms with Gasteiger partial charge in [-0.25, -0.2) is 0 Å². The second-order valence-corrected chi connectivity index (χ2v) is 7.14. The molecule has 0 spiro atoms. The summed E-state index contributed by atoms with van der Waals surface area (Å²) < 4.78 is 3.89. The zero-order valence-electron chi connectivity index (χ0n) is 15.7. The summed E-state index contributed by atoms with van der Waals surface area (Å²) in [7, 11) is 2.00. The van der Waals surface area contributed by atoms with Gasteiger partial charge < -0.3 is 9.47 Å². The highest BCUT2D eigenvalue weighted by Crippen LogP contribution is 2.27. The zero-order valence-corrected chi connectivity index (χ0v) is 15.7. The molecule has 1 unspecified atom stereocenters. The first-order valence-electron chi connectivity index (χ1n) is 9.34. The molecule has 1 saturated heterocycles. The van der Waals surface area contributed by atoms with Crippen LogP contribution in [0, 0.1) is 6.92 Å². The Bertz CT molecular complexity index is 930. The van der Waals surface area contributed by atoms with Gasteiger partial charge in [-0.05, 0) is 37.5 Å². The van der Waals surface area contributed by atoms with Crippen LogP contribution >= 0.6 is 0 Å². The first-order valence-corrected chi connectivity index (χ1v) is 9.34. The monoisotopic (exact) mass is 364 g/mol. The molecule has 0 saturated carbocycles. The number of benzene rings is 1. The first kappa shape index (κ1) is 17.5. The first-order chi connectivity index (χ1) is 13.1. The Labute approximate surface area is 158 Å². The van der Waals surface area contributed by atoms with E-state index < -0.39 is 0 Å². The fourth-order valence-corrected chi connectivity index (χ4v) is 3.76. The summed E-state index contributed by atoms with van der Waals surface area (Å²) in [5, 5.41) is 13.0. The van der Waals surface area contributed by atoms with Crippen LogP contribution < -0.4 is 0 Å². The molecule has 2 aromatic heterocycles. The van der Waals surface area contributed by atoms with E-state index in [1.54, 1.807) is 6.20 Å². The lowest BCUT2D eigenvalue weighted by molar-refractivity contribution is 0.0702. The quantitative estimate of drug-likeness (QED) is 0.713. The van der Waals surface area contributed by atoms with Crippen molar-refractivity contribution in [3.63, 3.8) is 0 Å². The van der Waals surface area contributed by atoms with Crippen molar-refractivity contribution in [2.24, 2.45) is 7.05 Å². The van der Waals surface area contributed by atoms with Crippen LogP contribution in [0.3, 0.4) is 0 Å². The number of carbonyl (C=O) groups excluding carboxylic acids is 1. The van der Waals surface area contributed by atoms with Gasteiger partial charge in [0.1, 0.15) is 12.4 Å². The number of amides is 1. The van der Waals surface area contributed by atoms with Gasteiger partial charge >= 0.3 is 0 Å². The molecule has 1 aliphatic rings. The molecule has 0 N–H and O–H groups in total. The average Bonchev–Trinajstić information content (AvgIpc) is 3.32. The van der Waals surface area contributed by atoms with E-state index in [0.29, 0.717) is 13.1 Å². The molecule has 1 amide bonds. The van der Waals surface area contributed by atoms with Crippen LogP contribution in [-0.2, 0) is 13.6 Å². The standard InChI is InChI=1S/C20H24N6O/c1-15-7-3-4-9-17(15)20(27)25-11-5-8-16(13-25)19-23-22-18(24(19)2)14-26-12-6-10-21-26/h3-4,6-7,9-10,12,16H,5,8,11,13-14H2,1-2H3. The van der Waals surface area contributed by atoms with E-state index >= 15 is 0 Å². The molecule has 140 valence electrons. The van der Waals surface area contributed by atoms with Crippen LogP contribution in [0.4, 0.5) is 0 Å². The normalized spacial score (nSPS) is 17.3. The minimum absolute atomic E-state index is 0.108. The third-order valence-electron chi connectivity index (χ3n) is 5.31. The van der Waals surface area contributed by atoms with Crippen molar-refractivity contribution < 1.29 is 4.79 Å².